The minimum atomic E-state index is 0.0416. The van der Waals surface area contributed by atoms with Crippen LogP contribution in [0.1, 0.15) is 28.9 Å². The summed E-state index contributed by atoms with van der Waals surface area (Å²) in [7, 11) is 0. The average molecular weight is 341 g/mol. The van der Waals surface area contributed by atoms with Crippen LogP contribution in [0.5, 0.6) is 0 Å². The molecule has 2 atom stereocenters. The van der Waals surface area contributed by atoms with Crippen LogP contribution in [-0.2, 0) is 0 Å². The highest BCUT2D eigenvalue weighted by Crippen LogP contribution is 2.40. The van der Waals surface area contributed by atoms with Crippen LogP contribution in [0.25, 0.3) is 11.1 Å². The minimum Gasteiger partial charge on any atom is -0.295 e. The lowest BCUT2D eigenvalue weighted by atomic mass is 9.78. The quantitative estimate of drug-likeness (QED) is 0.592. The van der Waals surface area contributed by atoms with Gasteiger partial charge in [0.05, 0.1) is 5.92 Å². The third-order valence-electron chi connectivity index (χ3n) is 5.37. The van der Waals surface area contributed by atoms with Crippen molar-refractivity contribution in [1.82, 2.24) is 4.90 Å². The summed E-state index contributed by atoms with van der Waals surface area (Å²) < 4.78 is 0. The van der Waals surface area contributed by atoms with Gasteiger partial charge in [-0.2, -0.15) is 0 Å². The van der Waals surface area contributed by atoms with Gasteiger partial charge >= 0.3 is 0 Å². The summed E-state index contributed by atoms with van der Waals surface area (Å²) in [5.41, 5.74) is 4.37. The van der Waals surface area contributed by atoms with Gasteiger partial charge in [-0.25, -0.2) is 0 Å². The van der Waals surface area contributed by atoms with E-state index in [4.69, 9.17) is 0 Å². The number of benzene rings is 3. The number of hydrogen-bond acceptors (Lipinski definition) is 2. The second-order valence-corrected chi connectivity index (χ2v) is 6.86. The Hall–Kier alpha value is -2.71. The van der Waals surface area contributed by atoms with Crippen molar-refractivity contribution in [3.05, 3.63) is 96.1 Å². The van der Waals surface area contributed by atoms with E-state index in [2.05, 4.69) is 60.4 Å². The lowest BCUT2D eigenvalue weighted by Crippen LogP contribution is -2.52. The van der Waals surface area contributed by atoms with E-state index in [0.29, 0.717) is 0 Å². The average Bonchev–Trinajstić information content (AvgIpc) is 2.69. The molecule has 1 heterocycles. The number of nitrogens with zero attached hydrogens (tertiary/aromatic N) is 1. The van der Waals surface area contributed by atoms with Crippen LogP contribution < -0.4 is 0 Å². The van der Waals surface area contributed by atoms with Gasteiger partial charge in [0.2, 0.25) is 0 Å². The predicted octanol–water partition coefficient (Wildman–Crippen LogP) is 5.23. The molecule has 3 aromatic rings. The second-order valence-electron chi connectivity index (χ2n) is 6.86. The van der Waals surface area contributed by atoms with Crippen molar-refractivity contribution in [1.29, 1.82) is 0 Å². The fraction of sp³-hybridized carbons (Fsp3) is 0.208. The molecule has 2 heteroatoms. The Kier molecular flexibility index (Phi) is 4.68. The molecular weight excluding hydrogens is 318 g/mol. The van der Waals surface area contributed by atoms with E-state index in [-0.39, 0.29) is 17.7 Å². The zero-order chi connectivity index (χ0) is 17.9. The Balaban J connectivity index is 1.56. The molecular formula is C24H23NO. The summed E-state index contributed by atoms with van der Waals surface area (Å²) >= 11 is 0. The zero-order valence-corrected chi connectivity index (χ0v) is 15.0. The molecule has 130 valence electrons. The first-order chi connectivity index (χ1) is 12.8. The first kappa shape index (κ1) is 16.7. The van der Waals surface area contributed by atoms with Gasteiger partial charge in [0.1, 0.15) is 0 Å². The maximum Gasteiger partial charge on any atom is 0.169 e. The lowest BCUT2D eigenvalue weighted by Gasteiger charge is -2.47. The van der Waals surface area contributed by atoms with Crippen molar-refractivity contribution < 1.29 is 4.79 Å². The molecule has 1 aliphatic heterocycles. The van der Waals surface area contributed by atoms with Gasteiger partial charge < -0.3 is 0 Å². The van der Waals surface area contributed by atoms with E-state index in [0.717, 1.165) is 24.2 Å². The second kappa shape index (κ2) is 7.27. The fourth-order valence-corrected chi connectivity index (χ4v) is 3.90. The Morgan fingerprint density at radius 2 is 1.42 bits per heavy atom. The molecule has 4 rings (SSSR count). The van der Waals surface area contributed by atoms with Gasteiger partial charge in [-0.15, -0.1) is 0 Å². The van der Waals surface area contributed by atoms with Crippen molar-refractivity contribution in [2.75, 3.05) is 13.1 Å². The van der Waals surface area contributed by atoms with Crippen molar-refractivity contribution in [2.45, 2.75) is 13.0 Å². The number of rotatable bonds is 5. The highest BCUT2D eigenvalue weighted by Gasteiger charge is 2.43. The van der Waals surface area contributed by atoms with Gasteiger partial charge in [-0.05, 0) is 23.2 Å². The molecule has 0 saturated carbocycles. The minimum absolute atomic E-state index is 0.0416. The van der Waals surface area contributed by atoms with E-state index in [1.807, 2.05) is 36.4 Å². The normalized spacial score (nSPS) is 19.7. The van der Waals surface area contributed by atoms with E-state index in [1.54, 1.807) is 0 Å². The van der Waals surface area contributed by atoms with Crippen LogP contribution >= 0.6 is 0 Å². The molecule has 0 radical (unpaired) electrons. The first-order valence-corrected chi connectivity index (χ1v) is 9.26. The summed E-state index contributed by atoms with van der Waals surface area (Å²) in [6.07, 6.45) is 0. The van der Waals surface area contributed by atoms with Crippen molar-refractivity contribution >= 4 is 5.78 Å². The van der Waals surface area contributed by atoms with Gasteiger partial charge in [0, 0.05) is 18.2 Å². The summed E-state index contributed by atoms with van der Waals surface area (Å²) in [5, 5.41) is 0. The molecule has 3 aromatic carbocycles. The van der Waals surface area contributed by atoms with Gasteiger partial charge in [0.25, 0.3) is 0 Å². The Bertz CT molecular complexity index is 871. The Labute approximate surface area is 155 Å². The molecule has 0 spiro atoms. The molecule has 0 amide bonds. The van der Waals surface area contributed by atoms with Crippen LogP contribution in [0, 0.1) is 5.92 Å². The third-order valence-corrected chi connectivity index (χ3v) is 5.37. The monoisotopic (exact) mass is 341 g/mol. The van der Waals surface area contributed by atoms with Crippen LogP contribution in [0.3, 0.4) is 0 Å². The third kappa shape index (κ3) is 3.09. The SMILES string of the molecule is CCN1C[C@H](C(=O)c2ccc(-c3ccccc3)cc2)[C@H]1c1ccccc1. The zero-order valence-electron chi connectivity index (χ0n) is 15.0. The van der Waals surface area contributed by atoms with E-state index in [9.17, 15) is 4.79 Å². The van der Waals surface area contributed by atoms with E-state index in [1.165, 1.54) is 11.1 Å². The summed E-state index contributed by atoms with van der Waals surface area (Å²) in [5.74, 6) is 0.295. The summed E-state index contributed by atoms with van der Waals surface area (Å²) in [6.45, 7) is 3.97. The van der Waals surface area contributed by atoms with Crippen molar-refractivity contribution in [2.24, 2.45) is 5.92 Å². The summed E-state index contributed by atoms with van der Waals surface area (Å²) in [6, 6.07) is 28.9. The Morgan fingerprint density at radius 1 is 0.846 bits per heavy atom. The van der Waals surface area contributed by atoms with Gasteiger partial charge in [0.15, 0.2) is 5.78 Å². The molecule has 0 aromatic heterocycles. The first-order valence-electron chi connectivity index (χ1n) is 9.26. The van der Waals surface area contributed by atoms with Gasteiger partial charge in [-0.1, -0.05) is 91.9 Å². The lowest BCUT2D eigenvalue weighted by molar-refractivity contribution is 0.0203. The molecule has 2 nitrogen and oxygen atoms in total. The standard InChI is InChI=1S/C24H23NO/c1-2-25-17-22(23(25)20-11-7-4-8-12-20)24(26)21-15-13-19(14-16-21)18-9-5-3-6-10-18/h3-16,22-23H,2,17H2,1H3/t22-,23+/m0/s1. The van der Waals surface area contributed by atoms with Gasteiger partial charge in [-0.3, -0.25) is 9.69 Å². The molecule has 1 fully saturated rings. The summed E-state index contributed by atoms with van der Waals surface area (Å²) in [4.78, 5) is 15.5. The largest absolute Gasteiger partial charge is 0.295 e. The number of hydrogen-bond donors (Lipinski definition) is 0. The fourth-order valence-electron chi connectivity index (χ4n) is 3.90. The molecule has 1 aliphatic rings. The molecule has 0 N–H and O–H groups in total. The smallest absolute Gasteiger partial charge is 0.169 e. The molecule has 1 saturated heterocycles. The number of carbonyl (C=O) groups is 1. The number of Topliss-reactive ketones (excluding diaryl/α,β-unsaturated/α-hetero) is 1. The molecule has 26 heavy (non-hydrogen) atoms. The van der Waals surface area contributed by atoms with Crippen LogP contribution in [-0.4, -0.2) is 23.8 Å². The molecule has 0 aliphatic carbocycles. The van der Waals surface area contributed by atoms with Crippen molar-refractivity contribution in [3.8, 4) is 11.1 Å². The number of ketones is 1. The van der Waals surface area contributed by atoms with Crippen LogP contribution in [0.4, 0.5) is 0 Å². The molecule has 0 bridgehead atoms. The highest BCUT2D eigenvalue weighted by atomic mass is 16.1. The number of likely N-dealkylation sites (tertiary alicyclic amines) is 1. The maximum absolute atomic E-state index is 13.1. The predicted molar refractivity (Wildman–Crippen MR) is 106 cm³/mol. The molecule has 0 unspecified atom stereocenters. The van der Waals surface area contributed by atoms with E-state index < -0.39 is 0 Å². The topological polar surface area (TPSA) is 20.3 Å². The maximum atomic E-state index is 13.1. The van der Waals surface area contributed by atoms with E-state index >= 15 is 0 Å². The Morgan fingerprint density at radius 3 is 2.04 bits per heavy atom. The van der Waals surface area contributed by atoms with Crippen molar-refractivity contribution in [3.63, 3.8) is 0 Å². The highest BCUT2D eigenvalue weighted by molar-refractivity contribution is 5.99. The van der Waals surface area contributed by atoms with Crippen LogP contribution in [0.15, 0.2) is 84.9 Å². The number of carbonyl (C=O) groups excluding carboxylic acids is 1. The van der Waals surface area contributed by atoms with Crippen LogP contribution in [0.2, 0.25) is 0 Å².